The van der Waals surface area contributed by atoms with Crippen molar-refractivity contribution in [2.45, 2.75) is 12.6 Å². The van der Waals surface area contributed by atoms with Gasteiger partial charge in [-0.15, -0.1) is 0 Å². The fraction of sp³-hybridized carbons (Fsp3) is 0.125. The van der Waals surface area contributed by atoms with Gasteiger partial charge in [-0.1, -0.05) is 29.5 Å². The Balaban J connectivity index is 1.54. The van der Waals surface area contributed by atoms with E-state index in [0.717, 1.165) is 18.2 Å². The van der Waals surface area contributed by atoms with Crippen molar-refractivity contribution in [2.75, 3.05) is 17.7 Å². The lowest BCUT2D eigenvalue weighted by molar-refractivity contribution is -0.137. The number of amides is 1. The van der Waals surface area contributed by atoms with Crippen LogP contribution in [0.3, 0.4) is 0 Å². The zero-order valence-electron chi connectivity index (χ0n) is 18.0. The van der Waals surface area contributed by atoms with Gasteiger partial charge in [-0.05, 0) is 35.9 Å². The summed E-state index contributed by atoms with van der Waals surface area (Å²) >= 11 is 1.28. The van der Waals surface area contributed by atoms with Crippen LogP contribution in [0.2, 0.25) is 0 Å². The van der Waals surface area contributed by atoms with E-state index in [2.05, 4.69) is 21.7 Å². The van der Waals surface area contributed by atoms with E-state index in [1.807, 2.05) is 0 Å². The molecule has 0 unspecified atom stereocenters. The summed E-state index contributed by atoms with van der Waals surface area (Å²) in [7, 11) is 1.71. The first kappa shape index (κ1) is 24.0. The molecule has 0 saturated carbocycles. The van der Waals surface area contributed by atoms with Crippen molar-refractivity contribution >= 4 is 38.3 Å². The number of hydrogen-bond donors (Lipinski definition) is 2. The molecule has 178 valence electrons. The molecule has 0 aliphatic carbocycles. The quantitative estimate of drug-likeness (QED) is 0.302. The van der Waals surface area contributed by atoms with Crippen molar-refractivity contribution in [1.29, 1.82) is 5.26 Å². The number of halogens is 4. The van der Waals surface area contributed by atoms with Gasteiger partial charge in [-0.25, -0.2) is 9.37 Å². The maximum atomic E-state index is 14.3. The van der Waals surface area contributed by atoms with Crippen LogP contribution < -0.4 is 15.4 Å². The third-order valence-electron chi connectivity index (χ3n) is 4.90. The number of nitrogens with zero attached hydrogens (tertiary/aromatic N) is 2. The highest BCUT2D eigenvalue weighted by atomic mass is 32.1. The largest absolute Gasteiger partial charge is 0.456 e. The van der Waals surface area contributed by atoms with Crippen molar-refractivity contribution < 1.29 is 27.1 Å². The second-order valence-electron chi connectivity index (χ2n) is 7.33. The van der Waals surface area contributed by atoms with E-state index in [1.165, 1.54) is 35.6 Å². The molecule has 1 amide bonds. The lowest BCUT2D eigenvalue weighted by Crippen LogP contribution is -2.16. The minimum atomic E-state index is -4.54. The molecule has 0 bridgehead atoms. The fourth-order valence-corrected chi connectivity index (χ4v) is 4.21. The predicted molar refractivity (Wildman–Crippen MR) is 124 cm³/mol. The van der Waals surface area contributed by atoms with E-state index in [0.29, 0.717) is 15.3 Å². The number of carbonyl (C=O) groups excluding carboxylic acids is 1. The van der Waals surface area contributed by atoms with E-state index in [1.54, 1.807) is 19.2 Å². The number of alkyl halides is 3. The molecule has 0 aliphatic heterocycles. The van der Waals surface area contributed by atoms with E-state index in [4.69, 9.17) is 4.74 Å². The number of thiazole rings is 1. The number of benzene rings is 3. The molecule has 0 atom stereocenters. The van der Waals surface area contributed by atoms with Gasteiger partial charge in [0.15, 0.2) is 5.13 Å². The molecule has 4 rings (SSSR count). The molecule has 0 spiro atoms. The molecule has 2 N–H and O–H groups in total. The van der Waals surface area contributed by atoms with E-state index in [-0.39, 0.29) is 34.7 Å². The van der Waals surface area contributed by atoms with Crippen molar-refractivity contribution in [3.05, 3.63) is 77.1 Å². The molecular formula is C24H16F4N4O2S. The molecule has 1 aromatic heterocycles. The predicted octanol–water partition coefficient (Wildman–Crippen LogP) is 6.34. The summed E-state index contributed by atoms with van der Waals surface area (Å²) in [6.45, 7) is 0. The Morgan fingerprint density at radius 3 is 2.69 bits per heavy atom. The SMILES string of the molecule is CNc1nc2ccc(Oc3ccc(F)c(NC(=O)Cc4cccc(C(F)(F)F)c4)c3)c(C#N)c2s1. The van der Waals surface area contributed by atoms with Crippen molar-refractivity contribution in [3.8, 4) is 17.6 Å². The zero-order valence-corrected chi connectivity index (χ0v) is 18.9. The topological polar surface area (TPSA) is 87.0 Å². The first-order valence-corrected chi connectivity index (χ1v) is 10.9. The van der Waals surface area contributed by atoms with E-state index < -0.39 is 23.5 Å². The minimum Gasteiger partial charge on any atom is -0.456 e. The molecule has 6 nitrogen and oxygen atoms in total. The number of nitriles is 1. The van der Waals surface area contributed by atoms with Gasteiger partial charge in [-0.2, -0.15) is 18.4 Å². The van der Waals surface area contributed by atoms with Gasteiger partial charge < -0.3 is 15.4 Å². The molecular weight excluding hydrogens is 484 g/mol. The normalized spacial score (nSPS) is 11.2. The summed E-state index contributed by atoms with van der Waals surface area (Å²) in [5.41, 5.74) is -0.0970. The van der Waals surface area contributed by atoms with Crippen molar-refractivity contribution in [2.24, 2.45) is 0 Å². The standard InChI is InChI=1S/C24H16F4N4O2S/c1-30-23-32-18-7-8-20(16(12-29)22(18)35-23)34-15-5-6-17(25)19(11-15)31-21(33)10-13-3-2-4-14(9-13)24(26,27)28/h2-9,11H,10H2,1H3,(H,30,32)(H,31,33). The Labute approximate surface area is 200 Å². The fourth-order valence-electron chi connectivity index (χ4n) is 3.30. The van der Waals surface area contributed by atoms with Crippen LogP contribution in [0.5, 0.6) is 11.5 Å². The molecule has 0 radical (unpaired) electrons. The first-order valence-electron chi connectivity index (χ1n) is 10.1. The second-order valence-corrected chi connectivity index (χ2v) is 8.33. The third kappa shape index (κ3) is 5.33. The average Bonchev–Trinajstić information content (AvgIpc) is 3.24. The minimum absolute atomic E-state index is 0.127. The Morgan fingerprint density at radius 1 is 1.17 bits per heavy atom. The average molecular weight is 500 g/mol. The van der Waals surface area contributed by atoms with Gasteiger partial charge in [0.25, 0.3) is 0 Å². The second kappa shape index (κ2) is 9.60. The highest BCUT2D eigenvalue weighted by Crippen LogP contribution is 2.36. The summed E-state index contributed by atoms with van der Waals surface area (Å²) in [4.78, 5) is 16.7. The lowest BCUT2D eigenvalue weighted by Gasteiger charge is -2.12. The zero-order chi connectivity index (χ0) is 25.2. The molecule has 11 heteroatoms. The number of ether oxygens (including phenoxy) is 1. The monoisotopic (exact) mass is 500 g/mol. The van der Waals surface area contributed by atoms with Crippen molar-refractivity contribution in [1.82, 2.24) is 4.98 Å². The Kier molecular flexibility index (Phi) is 6.57. The Morgan fingerprint density at radius 2 is 1.97 bits per heavy atom. The number of fused-ring (bicyclic) bond motifs is 1. The van der Waals surface area contributed by atoms with Crippen LogP contribution in [0.25, 0.3) is 10.2 Å². The summed E-state index contributed by atoms with van der Waals surface area (Å²) in [5, 5.41) is 15.5. The van der Waals surface area contributed by atoms with Crippen LogP contribution in [0.15, 0.2) is 54.6 Å². The molecule has 4 aromatic rings. The smallest absolute Gasteiger partial charge is 0.416 e. The molecule has 0 saturated heterocycles. The van der Waals surface area contributed by atoms with Crippen LogP contribution in [0, 0.1) is 17.1 Å². The number of anilines is 2. The molecule has 3 aromatic carbocycles. The van der Waals surface area contributed by atoms with Gasteiger partial charge in [0, 0.05) is 13.1 Å². The van der Waals surface area contributed by atoms with Crippen LogP contribution in [-0.2, 0) is 17.4 Å². The molecule has 1 heterocycles. The first-order chi connectivity index (χ1) is 16.7. The van der Waals surface area contributed by atoms with Gasteiger partial charge in [0.05, 0.1) is 27.9 Å². The number of carbonyl (C=O) groups is 1. The lowest BCUT2D eigenvalue weighted by atomic mass is 10.1. The van der Waals surface area contributed by atoms with Gasteiger partial charge in [0.1, 0.15) is 28.9 Å². The molecule has 0 aliphatic rings. The van der Waals surface area contributed by atoms with E-state index in [9.17, 15) is 27.6 Å². The third-order valence-corrected chi connectivity index (χ3v) is 6.01. The Hall–Kier alpha value is -4.17. The maximum Gasteiger partial charge on any atom is 0.416 e. The van der Waals surface area contributed by atoms with Crippen LogP contribution in [-0.4, -0.2) is 17.9 Å². The van der Waals surface area contributed by atoms with Crippen molar-refractivity contribution in [3.63, 3.8) is 0 Å². The van der Waals surface area contributed by atoms with Crippen LogP contribution >= 0.6 is 11.3 Å². The van der Waals surface area contributed by atoms with Gasteiger partial charge >= 0.3 is 6.18 Å². The highest BCUT2D eigenvalue weighted by Gasteiger charge is 2.30. The number of rotatable bonds is 6. The highest BCUT2D eigenvalue weighted by molar-refractivity contribution is 7.22. The summed E-state index contributed by atoms with van der Waals surface area (Å²) in [5.74, 6) is -1.09. The van der Waals surface area contributed by atoms with Crippen LogP contribution in [0.4, 0.5) is 28.4 Å². The van der Waals surface area contributed by atoms with E-state index >= 15 is 0 Å². The Bertz CT molecular complexity index is 1460. The summed E-state index contributed by atoms with van der Waals surface area (Å²) in [6.07, 6.45) is -4.92. The molecule has 35 heavy (non-hydrogen) atoms. The summed E-state index contributed by atoms with van der Waals surface area (Å²) in [6, 6.07) is 13.3. The van der Waals surface area contributed by atoms with Gasteiger partial charge in [0.2, 0.25) is 5.91 Å². The number of hydrogen-bond acceptors (Lipinski definition) is 6. The molecule has 0 fully saturated rings. The summed E-state index contributed by atoms with van der Waals surface area (Å²) < 4.78 is 59.4. The van der Waals surface area contributed by atoms with Crippen LogP contribution in [0.1, 0.15) is 16.7 Å². The number of aromatic nitrogens is 1. The maximum absolute atomic E-state index is 14.3. The van der Waals surface area contributed by atoms with Gasteiger partial charge in [-0.3, -0.25) is 4.79 Å². The number of nitrogens with one attached hydrogen (secondary N) is 2.